The summed E-state index contributed by atoms with van der Waals surface area (Å²) in [6, 6.07) is 13.6. The SMILES string of the molecule is CCc1ccc(OC(C)c2nnc(SCc3c(Cl)cccc3Cl)n2C)cc1. The first-order valence-electron chi connectivity index (χ1n) is 8.70. The van der Waals surface area contributed by atoms with Gasteiger partial charge < -0.3 is 9.30 Å². The van der Waals surface area contributed by atoms with E-state index in [0.29, 0.717) is 15.8 Å². The molecule has 7 heteroatoms. The van der Waals surface area contributed by atoms with E-state index in [1.165, 1.54) is 5.56 Å². The van der Waals surface area contributed by atoms with Gasteiger partial charge in [0.15, 0.2) is 17.1 Å². The van der Waals surface area contributed by atoms with Crippen molar-refractivity contribution in [3.05, 3.63) is 69.5 Å². The van der Waals surface area contributed by atoms with Crippen molar-refractivity contribution in [2.75, 3.05) is 0 Å². The minimum Gasteiger partial charge on any atom is -0.483 e. The first-order chi connectivity index (χ1) is 13.0. The zero-order valence-electron chi connectivity index (χ0n) is 15.4. The molecular weight excluding hydrogens is 401 g/mol. The molecule has 0 radical (unpaired) electrons. The molecule has 0 N–H and O–H groups in total. The summed E-state index contributed by atoms with van der Waals surface area (Å²) < 4.78 is 7.97. The Labute approximate surface area is 173 Å². The maximum Gasteiger partial charge on any atom is 0.191 e. The molecule has 27 heavy (non-hydrogen) atoms. The second-order valence-corrected chi connectivity index (χ2v) is 7.90. The van der Waals surface area contributed by atoms with Crippen molar-refractivity contribution in [3.63, 3.8) is 0 Å². The van der Waals surface area contributed by atoms with Gasteiger partial charge in [-0.2, -0.15) is 0 Å². The van der Waals surface area contributed by atoms with Crippen LogP contribution in [0.15, 0.2) is 47.6 Å². The highest BCUT2D eigenvalue weighted by Gasteiger charge is 2.18. The molecule has 3 rings (SSSR count). The van der Waals surface area contributed by atoms with Crippen LogP contribution < -0.4 is 4.74 Å². The van der Waals surface area contributed by atoms with Crippen LogP contribution >= 0.6 is 35.0 Å². The lowest BCUT2D eigenvalue weighted by Crippen LogP contribution is -2.10. The van der Waals surface area contributed by atoms with Gasteiger partial charge in [-0.1, -0.05) is 60.1 Å². The van der Waals surface area contributed by atoms with Gasteiger partial charge in [0, 0.05) is 22.8 Å². The van der Waals surface area contributed by atoms with Gasteiger partial charge in [-0.3, -0.25) is 0 Å². The van der Waals surface area contributed by atoms with Crippen LogP contribution in [0.25, 0.3) is 0 Å². The molecular formula is C20H21Cl2N3OS. The molecule has 142 valence electrons. The lowest BCUT2D eigenvalue weighted by atomic mass is 10.2. The molecule has 0 spiro atoms. The van der Waals surface area contributed by atoms with Crippen molar-refractivity contribution >= 4 is 35.0 Å². The highest BCUT2D eigenvalue weighted by Crippen LogP contribution is 2.31. The minimum atomic E-state index is -0.215. The van der Waals surface area contributed by atoms with Gasteiger partial charge in [-0.25, -0.2) is 0 Å². The number of hydrogen-bond donors (Lipinski definition) is 0. The Morgan fingerprint density at radius 1 is 1.07 bits per heavy atom. The monoisotopic (exact) mass is 421 g/mol. The first kappa shape index (κ1) is 20.1. The average Bonchev–Trinajstić information content (AvgIpc) is 3.03. The second-order valence-electron chi connectivity index (χ2n) is 6.15. The normalized spacial score (nSPS) is 12.2. The number of rotatable bonds is 7. The predicted octanol–water partition coefficient (Wildman–Crippen LogP) is 6.12. The van der Waals surface area contributed by atoms with E-state index in [0.717, 1.165) is 28.7 Å². The van der Waals surface area contributed by atoms with Crippen LogP contribution in [0.2, 0.25) is 10.0 Å². The highest BCUT2D eigenvalue weighted by atomic mass is 35.5. The molecule has 1 aromatic heterocycles. The molecule has 0 aliphatic carbocycles. The molecule has 0 saturated heterocycles. The van der Waals surface area contributed by atoms with Crippen LogP contribution in [-0.2, 0) is 19.2 Å². The molecule has 1 atom stereocenters. The van der Waals surface area contributed by atoms with Gasteiger partial charge in [0.25, 0.3) is 0 Å². The van der Waals surface area contributed by atoms with E-state index in [9.17, 15) is 0 Å². The van der Waals surface area contributed by atoms with Crippen LogP contribution in [-0.4, -0.2) is 14.8 Å². The van der Waals surface area contributed by atoms with E-state index in [1.807, 2.05) is 48.9 Å². The summed E-state index contributed by atoms with van der Waals surface area (Å²) in [7, 11) is 1.94. The Morgan fingerprint density at radius 3 is 2.37 bits per heavy atom. The maximum atomic E-state index is 6.24. The van der Waals surface area contributed by atoms with Crippen LogP contribution in [0, 0.1) is 0 Å². The number of benzene rings is 2. The minimum absolute atomic E-state index is 0.215. The molecule has 4 nitrogen and oxygen atoms in total. The van der Waals surface area contributed by atoms with Crippen LogP contribution in [0.3, 0.4) is 0 Å². The molecule has 1 heterocycles. The number of aryl methyl sites for hydroxylation is 1. The van der Waals surface area contributed by atoms with E-state index in [4.69, 9.17) is 27.9 Å². The lowest BCUT2D eigenvalue weighted by Gasteiger charge is -2.14. The molecule has 0 fully saturated rings. The van der Waals surface area contributed by atoms with Gasteiger partial charge >= 0.3 is 0 Å². The van der Waals surface area contributed by atoms with Crippen LogP contribution in [0.4, 0.5) is 0 Å². The van der Waals surface area contributed by atoms with E-state index < -0.39 is 0 Å². The molecule has 1 unspecified atom stereocenters. The summed E-state index contributed by atoms with van der Waals surface area (Å²) in [6.45, 7) is 4.10. The number of thioether (sulfide) groups is 1. The summed E-state index contributed by atoms with van der Waals surface area (Å²) >= 11 is 14.0. The topological polar surface area (TPSA) is 39.9 Å². The standard InChI is InChI=1S/C20H21Cl2N3OS/c1-4-14-8-10-15(11-9-14)26-13(2)19-23-24-20(25(19)3)27-12-16-17(21)6-5-7-18(16)22/h5-11,13H,4,12H2,1-3H3. The van der Waals surface area contributed by atoms with Crippen LogP contribution in [0.5, 0.6) is 5.75 Å². The number of aromatic nitrogens is 3. The van der Waals surface area contributed by atoms with Gasteiger partial charge in [0.2, 0.25) is 0 Å². The predicted molar refractivity (Wildman–Crippen MR) is 112 cm³/mol. The van der Waals surface area contributed by atoms with E-state index >= 15 is 0 Å². The van der Waals surface area contributed by atoms with Crippen molar-refractivity contribution in [1.29, 1.82) is 0 Å². The van der Waals surface area contributed by atoms with Crippen molar-refractivity contribution < 1.29 is 4.74 Å². The number of halogens is 2. The number of hydrogen-bond acceptors (Lipinski definition) is 4. The summed E-state index contributed by atoms with van der Waals surface area (Å²) in [5.41, 5.74) is 2.18. The Balaban J connectivity index is 1.68. The maximum absolute atomic E-state index is 6.24. The summed E-state index contributed by atoms with van der Waals surface area (Å²) in [6.07, 6.45) is 0.794. The first-order valence-corrected chi connectivity index (χ1v) is 10.4. The smallest absolute Gasteiger partial charge is 0.191 e. The molecule has 2 aromatic carbocycles. The second kappa shape index (κ2) is 9.00. The largest absolute Gasteiger partial charge is 0.483 e. The summed E-state index contributed by atoms with van der Waals surface area (Å²) in [4.78, 5) is 0. The Morgan fingerprint density at radius 2 is 1.74 bits per heavy atom. The zero-order valence-corrected chi connectivity index (χ0v) is 17.8. The summed E-state index contributed by atoms with van der Waals surface area (Å²) in [5, 5.41) is 10.7. The van der Waals surface area contributed by atoms with E-state index in [2.05, 4.69) is 29.3 Å². The number of ether oxygens (including phenoxy) is 1. The Hall–Kier alpha value is -1.69. The highest BCUT2D eigenvalue weighted by molar-refractivity contribution is 7.98. The quantitative estimate of drug-likeness (QED) is 0.431. The molecule has 0 saturated carbocycles. The van der Waals surface area contributed by atoms with Gasteiger partial charge in [-0.15, -0.1) is 10.2 Å². The average molecular weight is 422 g/mol. The van der Waals surface area contributed by atoms with E-state index in [-0.39, 0.29) is 6.10 Å². The molecule has 0 aliphatic heterocycles. The van der Waals surface area contributed by atoms with Crippen molar-refractivity contribution in [2.45, 2.75) is 37.3 Å². The summed E-state index contributed by atoms with van der Waals surface area (Å²) in [5.74, 6) is 2.21. The Bertz CT molecular complexity index is 892. The molecule has 0 aliphatic rings. The zero-order chi connectivity index (χ0) is 19.4. The van der Waals surface area contributed by atoms with Crippen LogP contribution in [0.1, 0.15) is 36.9 Å². The fourth-order valence-electron chi connectivity index (χ4n) is 2.67. The van der Waals surface area contributed by atoms with Crippen molar-refractivity contribution in [2.24, 2.45) is 7.05 Å². The van der Waals surface area contributed by atoms with Crippen molar-refractivity contribution in [1.82, 2.24) is 14.8 Å². The van der Waals surface area contributed by atoms with Gasteiger partial charge in [0.1, 0.15) is 5.75 Å². The third-order valence-corrected chi connectivity index (χ3v) is 6.04. The molecule has 0 bridgehead atoms. The molecule has 0 amide bonds. The third-order valence-electron chi connectivity index (χ3n) is 4.28. The van der Waals surface area contributed by atoms with Gasteiger partial charge in [-0.05, 0) is 48.7 Å². The van der Waals surface area contributed by atoms with Crippen molar-refractivity contribution in [3.8, 4) is 5.75 Å². The Kier molecular flexibility index (Phi) is 6.68. The third kappa shape index (κ3) is 4.78. The molecule has 3 aromatic rings. The number of nitrogens with zero attached hydrogens (tertiary/aromatic N) is 3. The fourth-order valence-corrected chi connectivity index (χ4v) is 4.33. The lowest BCUT2D eigenvalue weighted by molar-refractivity contribution is 0.211. The van der Waals surface area contributed by atoms with E-state index in [1.54, 1.807) is 11.8 Å². The van der Waals surface area contributed by atoms with Gasteiger partial charge in [0.05, 0.1) is 0 Å². The fraction of sp³-hybridized carbons (Fsp3) is 0.300.